The van der Waals surface area contributed by atoms with Crippen LogP contribution in [0, 0.1) is 0 Å². The Labute approximate surface area is 165 Å². The van der Waals surface area contributed by atoms with Gasteiger partial charge >= 0.3 is 0 Å². The highest BCUT2D eigenvalue weighted by atomic mass is 35.5. The summed E-state index contributed by atoms with van der Waals surface area (Å²) in [6.45, 7) is 0.384. The van der Waals surface area contributed by atoms with Gasteiger partial charge in [0.05, 0.1) is 31.1 Å². The molecule has 0 aliphatic carbocycles. The Bertz CT molecular complexity index is 936. The van der Waals surface area contributed by atoms with Crippen molar-refractivity contribution in [2.45, 2.75) is 6.54 Å². The quantitative estimate of drug-likeness (QED) is 0.632. The average Bonchev–Trinajstić information content (AvgIpc) is 3.05. The van der Waals surface area contributed by atoms with Crippen LogP contribution in [0.15, 0.2) is 48.8 Å². The maximum Gasteiger partial charge on any atom is 0.259 e. The van der Waals surface area contributed by atoms with Crippen LogP contribution in [0.2, 0.25) is 15.1 Å². The molecule has 1 amide bonds. The smallest absolute Gasteiger partial charge is 0.259 e. The Balaban J connectivity index is 1.77. The molecule has 26 heavy (non-hydrogen) atoms. The van der Waals surface area contributed by atoms with Crippen molar-refractivity contribution in [2.24, 2.45) is 0 Å². The molecular weight excluding hydrogens is 397 g/mol. The number of ether oxygens (including phenoxy) is 1. The van der Waals surface area contributed by atoms with Gasteiger partial charge in [0.15, 0.2) is 0 Å². The summed E-state index contributed by atoms with van der Waals surface area (Å²) in [5.41, 5.74) is 1.62. The molecule has 134 valence electrons. The van der Waals surface area contributed by atoms with Crippen LogP contribution >= 0.6 is 34.8 Å². The minimum Gasteiger partial charge on any atom is -0.496 e. The van der Waals surface area contributed by atoms with E-state index >= 15 is 0 Å². The van der Waals surface area contributed by atoms with E-state index in [4.69, 9.17) is 39.5 Å². The highest BCUT2D eigenvalue weighted by Crippen LogP contribution is 2.26. The Morgan fingerprint density at radius 2 is 1.92 bits per heavy atom. The monoisotopic (exact) mass is 409 g/mol. The van der Waals surface area contributed by atoms with E-state index in [1.54, 1.807) is 53.5 Å². The van der Waals surface area contributed by atoms with Crippen molar-refractivity contribution in [1.82, 2.24) is 9.78 Å². The number of nitrogens with one attached hydrogen (secondary N) is 1. The fraction of sp³-hybridized carbons (Fsp3) is 0.111. The number of amides is 1. The van der Waals surface area contributed by atoms with Crippen molar-refractivity contribution < 1.29 is 9.53 Å². The van der Waals surface area contributed by atoms with Gasteiger partial charge in [0.2, 0.25) is 0 Å². The molecule has 1 N–H and O–H groups in total. The molecule has 3 aromatic rings. The predicted molar refractivity (Wildman–Crippen MR) is 104 cm³/mol. The van der Waals surface area contributed by atoms with Gasteiger partial charge in [-0.1, -0.05) is 40.9 Å². The van der Waals surface area contributed by atoms with E-state index < -0.39 is 0 Å². The van der Waals surface area contributed by atoms with Crippen LogP contribution in [0.4, 0.5) is 5.69 Å². The lowest BCUT2D eigenvalue weighted by Gasteiger charge is -2.09. The Hall–Kier alpha value is -2.21. The van der Waals surface area contributed by atoms with Crippen LogP contribution in [-0.4, -0.2) is 22.8 Å². The number of rotatable bonds is 5. The van der Waals surface area contributed by atoms with E-state index in [0.717, 1.165) is 5.56 Å². The number of anilines is 1. The summed E-state index contributed by atoms with van der Waals surface area (Å²) in [5.74, 6) is 0.0850. The van der Waals surface area contributed by atoms with E-state index in [2.05, 4.69) is 10.4 Å². The number of carbonyl (C=O) groups is 1. The van der Waals surface area contributed by atoms with Gasteiger partial charge < -0.3 is 10.1 Å². The lowest BCUT2D eigenvalue weighted by Crippen LogP contribution is -2.13. The fourth-order valence-electron chi connectivity index (χ4n) is 2.42. The second-order valence-electron chi connectivity index (χ2n) is 5.43. The summed E-state index contributed by atoms with van der Waals surface area (Å²) in [4.78, 5) is 12.5. The van der Waals surface area contributed by atoms with Crippen LogP contribution < -0.4 is 10.1 Å². The zero-order valence-electron chi connectivity index (χ0n) is 13.7. The summed E-state index contributed by atoms with van der Waals surface area (Å²) in [7, 11) is 1.49. The summed E-state index contributed by atoms with van der Waals surface area (Å²) in [5, 5.41) is 8.56. The third kappa shape index (κ3) is 4.12. The molecule has 0 bridgehead atoms. The standard InChI is InChI=1S/C18H14Cl3N3O2/c1-26-17-6-5-11(19)7-13(17)18(25)23-12-8-22-24(9-12)10-14-15(20)3-2-4-16(14)21/h2-9H,10H2,1H3,(H,23,25). The number of nitrogens with zero attached hydrogens (tertiary/aromatic N) is 2. The molecule has 0 radical (unpaired) electrons. The van der Waals surface area contributed by atoms with Gasteiger partial charge in [-0.25, -0.2) is 0 Å². The molecule has 0 atom stereocenters. The number of carbonyl (C=O) groups excluding carboxylic acids is 1. The molecule has 5 nitrogen and oxygen atoms in total. The van der Waals surface area contributed by atoms with Gasteiger partial charge in [0.1, 0.15) is 5.75 Å². The maximum atomic E-state index is 12.5. The van der Waals surface area contributed by atoms with E-state index in [9.17, 15) is 4.79 Å². The molecule has 1 heterocycles. The van der Waals surface area contributed by atoms with Crippen molar-refractivity contribution >= 4 is 46.4 Å². The molecule has 8 heteroatoms. The Morgan fingerprint density at radius 1 is 1.19 bits per heavy atom. The number of aromatic nitrogens is 2. The molecule has 0 unspecified atom stereocenters. The first-order chi connectivity index (χ1) is 12.5. The first-order valence-electron chi connectivity index (χ1n) is 7.58. The number of halogens is 3. The maximum absolute atomic E-state index is 12.5. The first-order valence-corrected chi connectivity index (χ1v) is 8.71. The topological polar surface area (TPSA) is 56.1 Å². The zero-order valence-corrected chi connectivity index (χ0v) is 15.9. The lowest BCUT2D eigenvalue weighted by molar-refractivity contribution is 0.102. The first kappa shape index (κ1) is 18.6. The third-order valence-electron chi connectivity index (χ3n) is 3.68. The summed E-state index contributed by atoms with van der Waals surface area (Å²) in [6, 6.07) is 10.1. The van der Waals surface area contributed by atoms with Gasteiger partial charge in [-0.15, -0.1) is 0 Å². The lowest BCUT2D eigenvalue weighted by atomic mass is 10.2. The van der Waals surface area contributed by atoms with Gasteiger partial charge in [-0.2, -0.15) is 5.10 Å². The predicted octanol–water partition coefficient (Wildman–Crippen LogP) is 5.15. The molecule has 0 spiro atoms. The van der Waals surface area contributed by atoms with Crippen LogP contribution in [0.1, 0.15) is 15.9 Å². The Morgan fingerprint density at radius 3 is 2.62 bits per heavy atom. The SMILES string of the molecule is COc1ccc(Cl)cc1C(=O)Nc1cnn(Cc2c(Cl)cccc2Cl)c1. The van der Waals surface area contributed by atoms with Gasteiger partial charge in [0.25, 0.3) is 5.91 Å². The fourth-order valence-corrected chi connectivity index (χ4v) is 3.11. The van der Waals surface area contributed by atoms with Gasteiger partial charge in [-0.05, 0) is 30.3 Å². The Kier molecular flexibility index (Phi) is 5.71. The number of hydrogen-bond donors (Lipinski definition) is 1. The molecule has 0 aliphatic heterocycles. The van der Waals surface area contributed by atoms with Crippen molar-refractivity contribution in [1.29, 1.82) is 0 Å². The minimum atomic E-state index is -0.348. The second kappa shape index (κ2) is 7.99. The normalized spacial score (nSPS) is 10.6. The van der Waals surface area contributed by atoms with E-state index in [1.165, 1.54) is 7.11 Å². The highest BCUT2D eigenvalue weighted by molar-refractivity contribution is 6.36. The van der Waals surface area contributed by atoms with E-state index in [0.29, 0.717) is 38.6 Å². The van der Waals surface area contributed by atoms with Gasteiger partial charge in [0, 0.05) is 26.8 Å². The van der Waals surface area contributed by atoms with Crippen LogP contribution in [0.25, 0.3) is 0 Å². The van der Waals surface area contributed by atoms with Crippen molar-refractivity contribution in [3.05, 3.63) is 75.0 Å². The van der Waals surface area contributed by atoms with Crippen LogP contribution in [0.5, 0.6) is 5.75 Å². The highest BCUT2D eigenvalue weighted by Gasteiger charge is 2.14. The average molecular weight is 411 g/mol. The second-order valence-corrected chi connectivity index (χ2v) is 6.68. The van der Waals surface area contributed by atoms with Crippen molar-refractivity contribution in [3.63, 3.8) is 0 Å². The van der Waals surface area contributed by atoms with Crippen molar-refractivity contribution in [3.8, 4) is 5.75 Å². The molecule has 1 aromatic heterocycles. The molecule has 3 rings (SSSR count). The number of hydrogen-bond acceptors (Lipinski definition) is 3. The van der Waals surface area contributed by atoms with Crippen molar-refractivity contribution in [2.75, 3.05) is 12.4 Å². The van der Waals surface area contributed by atoms with Crippen LogP contribution in [0.3, 0.4) is 0 Å². The van der Waals surface area contributed by atoms with E-state index in [1.807, 2.05) is 0 Å². The number of methoxy groups -OCH3 is 1. The number of benzene rings is 2. The summed E-state index contributed by atoms with van der Waals surface area (Å²) in [6.07, 6.45) is 3.23. The summed E-state index contributed by atoms with van der Waals surface area (Å²) >= 11 is 18.3. The summed E-state index contributed by atoms with van der Waals surface area (Å²) < 4.78 is 6.84. The molecule has 0 saturated heterocycles. The molecular formula is C18H14Cl3N3O2. The van der Waals surface area contributed by atoms with Crippen LogP contribution in [-0.2, 0) is 6.54 Å². The van der Waals surface area contributed by atoms with Gasteiger partial charge in [-0.3, -0.25) is 9.48 Å². The molecule has 0 aliphatic rings. The third-order valence-corrected chi connectivity index (χ3v) is 4.62. The molecule has 2 aromatic carbocycles. The zero-order chi connectivity index (χ0) is 18.7. The van der Waals surface area contributed by atoms with E-state index in [-0.39, 0.29) is 5.91 Å². The molecule has 0 fully saturated rings. The minimum absolute atomic E-state index is 0.335. The molecule has 0 saturated carbocycles. The largest absolute Gasteiger partial charge is 0.496 e.